The van der Waals surface area contributed by atoms with Gasteiger partial charge in [0.2, 0.25) is 0 Å². The average molecular weight is 256 g/mol. The van der Waals surface area contributed by atoms with Crippen LogP contribution >= 0.6 is 0 Å². The van der Waals surface area contributed by atoms with Crippen molar-refractivity contribution in [1.82, 2.24) is 14.6 Å². The van der Waals surface area contributed by atoms with Gasteiger partial charge in [-0.1, -0.05) is 31.2 Å². The fourth-order valence-corrected chi connectivity index (χ4v) is 2.07. The van der Waals surface area contributed by atoms with Crippen molar-refractivity contribution < 1.29 is 4.39 Å². The molecule has 1 aromatic carbocycles. The highest BCUT2D eigenvalue weighted by Gasteiger charge is 2.11. The van der Waals surface area contributed by atoms with E-state index in [2.05, 4.69) is 17.1 Å². The smallest absolute Gasteiger partial charge is 0.184 e. The molecule has 2 heterocycles. The molecule has 0 saturated carbocycles. The van der Waals surface area contributed by atoms with E-state index < -0.39 is 5.82 Å². The van der Waals surface area contributed by atoms with Gasteiger partial charge in [0.1, 0.15) is 5.82 Å². The van der Waals surface area contributed by atoms with Crippen LogP contribution in [0.5, 0.6) is 0 Å². The van der Waals surface area contributed by atoms with Gasteiger partial charge in [0.05, 0.1) is 5.69 Å². The molecule has 0 radical (unpaired) electrons. The highest BCUT2D eigenvalue weighted by Crippen LogP contribution is 2.22. The van der Waals surface area contributed by atoms with Crippen LogP contribution in [0.1, 0.15) is 12.5 Å². The summed E-state index contributed by atoms with van der Waals surface area (Å²) >= 11 is 0. The zero-order valence-corrected chi connectivity index (χ0v) is 10.5. The molecule has 0 spiro atoms. The van der Waals surface area contributed by atoms with Crippen molar-refractivity contribution in [3.63, 3.8) is 0 Å². The molecular weight excluding hydrogens is 243 g/mol. The molecule has 0 unspecified atom stereocenters. The van der Waals surface area contributed by atoms with Gasteiger partial charge in [0, 0.05) is 17.8 Å². The van der Waals surface area contributed by atoms with Crippen molar-refractivity contribution in [3.8, 4) is 11.4 Å². The lowest BCUT2D eigenvalue weighted by Gasteiger charge is -2.03. The molecule has 96 valence electrons. The molecule has 0 aliphatic carbocycles. The SMILES string of the molecule is CCc1ccc(-c2nnc3c(N)cc(F)cn23)cc1. The Morgan fingerprint density at radius 2 is 1.95 bits per heavy atom. The first-order chi connectivity index (χ1) is 9.19. The molecule has 3 rings (SSSR count). The summed E-state index contributed by atoms with van der Waals surface area (Å²) in [5.41, 5.74) is 8.60. The number of hydrogen-bond donors (Lipinski definition) is 1. The molecule has 3 aromatic rings. The van der Waals surface area contributed by atoms with Gasteiger partial charge in [-0.3, -0.25) is 4.40 Å². The van der Waals surface area contributed by atoms with E-state index in [4.69, 9.17) is 5.73 Å². The van der Waals surface area contributed by atoms with E-state index in [0.29, 0.717) is 11.5 Å². The first-order valence-corrected chi connectivity index (χ1v) is 6.08. The highest BCUT2D eigenvalue weighted by atomic mass is 19.1. The molecule has 0 fully saturated rings. The zero-order chi connectivity index (χ0) is 13.4. The number of halogens is 1. The Morgan fingerprint density at radius 1 is 1.21 bits per heavy atom. The Morgan fingerprint density at radius 3 is 2.63 bits per heavy atom. The molecule has 0 aliphatic rings. The van der Waals surface area contributed by atoms with E-state index in [1.54, 1.807) is 4.40 Å². The second-order valence-corrected chi connectivity index (χ2v) is 4.38. The third-order valence-corrected chi connectivity index (χ3v) is 3.12. The maximum Gasteiger partial charge on any atom is 0.184 e. The summed E-state index contributed by atoms with van der Waals surface area (Å²) in [6, 6.07) is 9.21. The first-order valence-electron chi connectivity index (χ1n) is 6.08. The normalized spacial score (nSPS) is 11.1. The number of pyridine rings is 1. The minimum atomic E-state index is -0.406. The number of nitrogens with zero attached hydrogens (tertiary/aromatic N) is 3. The molecule has 2 N–H and O–H groups in total. The van der Waals surface area contributed by atoms with Crippen molar-refractivity contribution in [2.45, 2.75) is 13.3 Å². The number of aromatic nitrogens is 3. The van der Waals surface area contributed by atoms with Crippen LogP contribution in [-0.4, -0.2) is 14.6 Å². The molecule has 5 heteroatoms. The zero-order valence-electron chi connectivity index (χ0n) is 10.5. The van der Waals surface area contributed by atoms with Crippen molar-refractivity contribution in [1.29, 1.82) is 0 Å². The molecule has 0 atom stereocenters. The Labute approximate surface area is 109 Å². The van der Waals surface area contributed by atoms with Crippen molar-refractivity contribution in [3.05, 3.63) is 47.9 Å². The van der Waals surface area contributed by atoms with Crippen LogP contribution in [0.15, 0.2) is 36.5 Å². The summed E-state index contributed by atoms with van der Waals surface area (Å²) in [5, 5.41) is 8.09. The van der Waals surface area contributed by atoms with Crippen LogP contribution in [0.4, 0.5) is 10.1 Å². The second-order valence-electron chi connectivity index (χ2n) is 4.38. The van der Waals surface area contributed by atoms with Gasteiger partial charge < -0.3 is 5.73 Å². The molecule has 2 aromatic heterocycles. The van der Waals surface area contributed by atoms with Gasteiger partial charge in [-0.05, 0) is 12.0 Å². The van der Waals surface area contributed by atoms with Crippen LogP contribution in [0.3, 0.4) is 0 Å². The average Bonchev–Trinajstić information content (AvgIpc) is 2.83. The summed E-state index contributed by atoms with van der Waals surface area (Å²) in [6.07, 6.45) is 2.32. The maximum absolute atomic E-state index is 13.4. The summed E-state index contributed by atoms with van der Waals surface area (Å²) in [7, 11) is 0. The lowest BCUT2D eigenvalue weighted by Crippen LogP contribution is -1.96. The van der Waals surface area contributed by atoms with Crippen molar-refractivity contribution >= 4 is 11.3 Å². The van der Waals surface area contributed by atoms with E-state index in [9.17, 15) is 4.39 Å². The van der Waals surface area contributed by atoms with Crippen LogP contribution in [0.25, 0.3) is 17.0 Å². The van der Waals surface area contributed by atoms with Crippen LogP contribution in [0.2, 0.25) is 0 Å². The van der Waals surface area contributed by atoms with Crippen molar-refractivity contribution in [2.24, 2.45) is 0 Å². The molecule has 0 aliphatic heterocycles. The van der Waals surface area contributed by atoms with E-state index in [1.807, 2.05) is 24.3 Å². The lowest BCUT2D eigenvalue weighted by molar-refractivity contribution is 0.620. The third kappa shape index (κ3) is 1.93. The largest absolute Gasteiger partial charge is 0.396 e. The van der Waals surface area contributed by atoms with E-state index in [-0.39, 0.29) is 5.69 Å². The summed E-state index contributed by atoms with van der Waals surface area (Å²) in [5.74, 6) is 0.181. The van der Waals surface area contributed by atoms with Crippen molar-refractivity contribution in [2.75, 3.05) is 5.73 Å². The molecule has 0 saturated heterocycles. The lowest BCUT2D eigenvalue weighted by atomic mass is 10.1. The minimum absolute atomic E-state index is 0.281. The van der Waals surface area contributed by atoms with Gasteiger partial charge in [-0.2, -0.15) is 0 Å². The third-order valence-electron chi connectivity index (χ3n) is 3.12. The Balaban J connectivity index is 2.19. The van der Waals surface area contributed by atoms with Gasteiger partial charge in [0.15, 0.2) is 11.5 Å². The van der Waals surface area contributed by atoms with Gasteiger partial charge >= 0.3 is 0 Å². The quantitative estimate of drug-likeness (QED) is 0.767. The Kier molecular flexibility index (Phi) is 2.67. The van der Waals surface area contributed by atoms with Gasteiger partial charge in [-0.25, -0.2) is 4.39 Å². The predicted molar refractivity (Wildman–Crippen MR) is 72.2 cm³/mol. The number of aryl methyl sites for hydroxylation is 1. The number of hydrogen-bond acceptors (Lipinski definition) is 3. The number of anilines is 1. The molecule has 0 amide bonds. The van der Waals surface area contributed by atoms with Crippen LogP contribution in [-0.2, 0) is 6.42 Å². The number of rotatable bonds is 2. The van der Waals surface area contributed by atoms with Crippen LogP contribution in [0, 0.1) is 5.82 Å². The standard InChI is InChI=1S/C14H13FN4/c1-2-9-3-5-10(6-4-9)13-17-18-14-12(16)7-11(15)8-19(13)14/h3-8H,2,16H2,1H3. The molecule has 19 heavy (non-hydrogen) atoms. The highest BCUT2D eigenvalue weighted by molar-refractivity contribution is 5.69. The minimum Gasteiger partial charge on any atom is -0.396 e. The fourth-order valence-electron chi connectivity index (χ4n) is 2.07. The summed E-state index contributed by atoms with van der Waals surface area (Å²) in [4.78, 5) is 0. The fraction of sp³-hybridized carbons (Fsp3) is 0.143. The number of fused-ring (bicyclic) bond motifs is 1. The van der Waals surface area contributed by atoms with E-state index in [0.717, 1.165) is 12.0 Å². The monoisotopic (exact) mass is 256 g/mol. The van der Waals surface area contributed by atoms with Gasteiger partial charge in [0.25, 0.3) is 0 Å². The van der Waals surface area contributed by atoms with E-state index in [1.165, 1.54) is 17.8 Å². The molecule has 4 nitrogen and oxygen atoms in total. The number of nitrogen functional groups attached to an aromatic ring is 1. The Bertz CT molecular complexity index is 731. The molecular formula is C14H13FN4. The Hall–Kier alpha value is -2.43. The van der Waals surface area contributed by atoms with Crippen LogP contribution < -0.4 is 5.73 Å². The number of nitrogens with two attached hydrogens (primary N) is 1. The predicted octanol–water partition coefficient (Wildman–Crippen LogP) is 2.68. The first kappa shape index (κ1) is 11.6. The summed E-state index contributed by atoms with van der Waals surface area (Å²) < 4.78 is 15.0. The molecule has 0 bridgehead atoms. The maximum atomic E-state index is 13.4. The van der Waals surface area contributed by atoms with Gasteiger partial charge in [-0.15, -0.1) is 10.2 Å². The topological polar surface area (TPSA) is 56.2 Å². The number of benzene rings is 1. The van der Waals surface area contributed by atoms with E-state index >= 15 is 0 Å². The second kappa shape index (κ2) is 4.35. The summed E-state index contributed by atoms with van der Waals surface area (Å²) in [6.45, 7) is 2.09.